The fourth-order valence-corrected chi connectivity index (χ4v) is 2.33. The van der Waals surface area contributed by atoms with Gasteiger partial charge in [-0.1, -0.05) is 43.1 Å². The van der Waals surface area contributed by atoms with E-state index in [-0.39, 0.29) is 31.0 Å². The van der Waals surface area contributed by atoms with Crippen molar-refractivity contribution in [1.82, 2.24) is 0 Å². The van der Waals surface area contributed by atoms with E-state index in [9.17, 15) is 0 Å². The van der Waals surface area contributed by atoms with E-state index in [1.807, 2.05) is 0 Å². The first-order chi connectivity index (χ1) is 4.11. The summed E-state index contributed by atoms with van der Waals surface area (Å²) in [6.45, 7) is 7.18. The van der Waals surface area contributed by atoms with Crippen molar-refractivity contribution in [3.05, 3.63) is 23.4 Å². The second-order valence-corrected chi connectivity index (χ2v) is 8.72. The Kier molecular flexibility index (Phi) is 4.18. The van der Waals surface area contributed by atoms with Crippen molar-refractivity contribution >= 4 is 8.07 Å². The molecule has 52 valence electrons. The average Bonchev–Trinajstić information content (AvgIpc) is 2.08. The maximum Gasteiger partial charge on any atom is 1.00 e. The molecule has 0 aromatic rings. The van der Waals surface area contributed by atoms with Crippen LogP contribution in [0.5, 0.6) is 0 Å². The molecule has 2 heteroatoms. The minimum absolute atomic E-state index is 0. The molecule has 0 saturated heterocycles. The second kappa shape index (κ2) is 3.91. The summed E-state index contributed by atoms with van der Waals surface area (Å²) in [5.41, 5.74) is 0. The molecular formula is C8H15NaSi. The standard InChI is InChI=1S/C8H14Si.Na.H/c1-9(2,3)8-6-4-5-7-8;;/h4-6H,7H2,1-3H3;;/q;+1;-1. The molecular weight excluding hydrogens is 147 g/mol. The van der Waals surface area contributed by atoms with E-state index < -0.39 is 8.07 Å². The Bertz CT molecular complexity index is 167. The summed E-state index contributed by atoms with van der Waals surface area (Å²) in [6, 6.07) is 0. The van der Waals surface area contributed by atoms with E-state index in [0.29, 0.717) is 0 Å². The fraction of sp³-hybridized carbons (Fsp3) is 0.500. The van der Waals surface area contributed by atoms with E-state index in [1.165, 1.54) is 6.42 Å². The Balaban J connectivity index is 0. The molecule has 0 aromatic heterocycles. The van der Waals surface area contributed by atoms with E-state index in [4.69, 9.17) is 0 Å². The quantitative estimate of drug-likeness (QED) is 0.471. The molecule has 0 amide bonds. The topological polar surface area (TPSA) is 0 Å². The molecule has 0 heterocycles. The molecule has 0 radical (unpaired) electrons. The van der Waals surface area contributed by atoms with Crippen LogP contribution in [0.15, 0.2) is 23.4 Å². The van der Waals surface area contributed by atoms with Crippen molar-refractivity contribution in [2.45, 2.75) is 26.1 Å². The molecule has 1 rings (SSSR count). The van der Waals surface area contributed by atoms with Crippen LogP contribution in [0.1, 0.15) is 7.85 Å². The van der Waals surface area contributed by atoms with Crippen molar-refractivity contribution in [2.24, 2.45) is 0 Å². The molecule has 0 unspecified atom stereocenters. The molecule has 0 fully saturated rings. The van der Waals surface area contributed by atoms with Crippen molar-refractivity contribution < 1.29 is 31.0 Å². The number of rotatable bonds is 1. The zero-order chi connectivity index (χ0) is 6.91. The SMILES string of the molecule is C[Si](C)(C)C1=CC=CC1.[H-].[Na+]. The second-order valence-electron chi connectivity index (χ2n) is 3.57. The van der Waals surface area contributed by atoms with Crippen LogP contribution in [-0.4, -0.2) is 8.07 Å². The largest absolute Gasteiger partial charge is 1.00 e. The van der Waals surface area contributed by atoms with Gasteiger partial charge in [-0.3, -0.25) is 0 Å². The van der Waals surface area contributed by atoms with Crippen molar-refractivity contribution in [1.29, 1.82) is 0 Å². The summed E-state index contributed by atoms with van der Waals surface area (Å²) in [5.74, 6) is 0. The van der Waals surface area contributed by atoms with Crippen LogP contribution < -0.4 is 29.6 Å². The molecule has 0 aliphatic heterocycles. The van der Waals surface area contributed by atoms with Crippen molar-refractivity contribution in [2.75, 3.05) is 0 Å². The fourth-order valence-electron chi connectivity index (χ4n) is 1.00. The van der Waals surface area contributed by atoms with Gasteiger partial charge in [0, 0.05) is 0 Å². The Morgan fingerprint density at radius 2 is 2.00 bits per heavy atom. The van der Waals surface area contributed by atoms with Crippen LogP contribution in [0, 0.1) is 0 Å². The molecule has 0 spiro atoms. The predicted molar refractivity (Wildman–Crippen MR) is 46.3 cm³/mol. The van der Waals surface area contributed by atoms with Gasteiger partial charge in [0.05, 0.1) is 8.07 Å². The van der Waals surface area contributed by atoms with Crippen molar-refractivity contribution in [3.63, 3.8) is 0 Å². The molecule has 1 aliphatic rings. The molecule has 0 N–H and O–H groups in total. The van der Waals surface area contributed by atoms with E-state index in [0.717, 1.165) is 0 Å². The summed E-state index contributed by atoms with van der Waals surface area (Å²) < 4.78 is 0. The molecule has 0 bridgehead atoms. The maximum absolute atomic E-state index is 2.39. The van der Waals surface area contributed by atoms with E-state index in [1.54, 1.807) is 5.20 Å². The van der Waals surface area contributed by atoms with Gasteiger partial charge in [-0.05, 0) is 6.42 Å². The van der Waals surface area contributed by atoms with Crippen LogP contribution in [0.2, 0.25) is 19.6 Å². The van der Waals surface area contributed by atoms with Gasteiger partial charge in [-0.25, -0.2) is 0 Å². The summed E-state index contributed by atoms with van der Waals surface area (Å²) in [5, 5.41) is 1.68. The summed E-state index contributed by atoms with van der Waals surface area (Å²) in [4.78, 5) is 0. The minimum atomic E-state index is -0.926. The number of hydrogen-bond donors (Lipinski definition) is 0. The van der Waals surface area contributed by atoms with Gasteiger partial charge < -0.3 is 1.43 Å². The van der Waals surface area contributed by atoms with E-state index in [2.05, 4.69) is 37.9 Å². The van der Waals surface area contributed by atoms with Crippen LogP contribution in [0.3, 0.4) is 0 Å². The third kappa shape index (κ3) is 2.75. The zero-order valence-corrected chi connectivity index (χ0v) is 10.4. The van der Waals surface area contributed by atoms with Crippen molar-refractivity contribution in [3.8, 4) is 0 Å². The first-order valence-electron chi connectivity index (χ1n) is 3.47. The molecule has 10 heavy (non-hydrogen) atoms. The molecule has 0 nitrogen and oxygen atoms in total. The predicted octanol–water partition coefficient (Wildman–Crippen LogP) is -0.133. The van der Waals surface area contributed by atoms with Gasteiger partial charge in [0.25, 0.3) is 0 Å². The van der Waals surface area contributed by atoms with Crippen LogP contribution in [0.4, 0.5) is 0 Å². The zero-order valence-electron chi connectivity index (χ0n) is 8.44. The average molecular weight is 162 g/mol. The third-order valence-electron chi connectivity index (χ3n) is 1.73. The normalized spacial score (nSPS) is 16.5. The van der Waals surface area contributed by atoms with Gasteiger partial charge in [0.2, 0.25) is 0 Å². The molecule has 0 saturated carbocycles. The first kappa shape index (κ1) is 10.7. The number of hydrogen-bond acceptors (Lipinski definition) is 0. The monoisotopic (exact) mass is 162 g/mol. The smallest absolute Gasteiger partial charge is 1.00 e. The molecule has 0 atom stereocenters. The maximum atomic E-state index is 2.39. The van der Waals surface area contributed by atoms with Crippen LogP contribution >= 0.6 is 0 Å². The first-order valence-corrected chi connectivity index (χ1v) is 6.97. The molecule has 0 aromatic carbocycles. The Hall–Kier alpha value is 0.697. The van der Waals surface area contributed by atoms with Gasteiger partial charge in [-0.2, -0.15) is 0 Å². The van der Waals surface area contributed by atoms with Crippen LogP contribution in [-0.2, 0) is 0 Å². The Morgan fingerprint density at radius 1 is 1.40 bits per heavy atom. The summed E-state index contributed by atoms with van der Waals surface area (Å²) in [6.07, 6.45) is 7.92. The minimum Gasteiger partial charge on any atom is -1.00 e. The number of allylic oxidation sites excluding steroid dienone is 4. The van der Waals surface area contributed by atoms with Gasteiger partial charge >= 0.3 is 29.6 Å². The van der Waals surface area contributed by atoms with Gasteiger partial charge in [0.1, 0.15) is 0 Å². The van der Waals surface area contributed by atoms with Crippen LogP contribution in [0.25, 0.3) is 0 Å². The Labute approximate surface area is 88.2 Å². The van der Waals surface area contributed by atoms with Gasteiger partial charge in [-0.15, -0.1) is 0 Å². The van der Waals surface area contributed by atoms with E-state index >= 15 is 0 Å². The summed E-state index contributed by atoms with van der Waals surface area (Å²) in [7, 11) is -0.926. The molecule has 1 aliphatic carbocycles. The van der Waals surface area contributed by atoms with Gasteiger partial charge in [0.15, 0.2) is 0 Å². The third-order valence-corrected chi connectivity index (χ3v) is 4.03. The Morgan fingerprint density at radius 3 is 2.20 bits per heavy atom. The summed E-state index contributed by atoms with van der Waals surface area (Å²) >= 11 is 0.